The van der Waals surface area contributed by atoms with Crippen LogP contribution in [0, 0.1) is 6.92 Å². The smallest absolute Gasteiger partial charge is 0.122 e. The van der Waals surface area contributed by atoms with Crippen molar-refractivity contribution in [3.05, 3.63) is 65.2 Å². The zero-order valence-electron chi connectivity index (χ0n) is 10.3. The van der Waals surface area contributed by atoms with Gasteiger partial charge in [0.2, 0.25) is 0 Å². The molecule has 0 saturated heterocycles. The molecule has 1 heterocycles. The van der Waals surface area contributed by atoms with Crippen LogP contribution in [0.15, 0.2) is 48.5 Å². The normalized spacial score (nSPS) is 19.1. The van der Waals surface area contributed by atoms with Crippen LogP contribution in [0.5, 0.6) is 5.75 Å². The van der Waals surface area contributed by atoms with Gasteiger partial charge < -0.3 is 4.74 Å². The summed E-state index contributed by atoms with van der Waals surface area (Å²) in [5, 5.41) is -0.0331. The van der Waals surface area contributed by atoms with E-state index in [-0.39, 0.29) is 11.3 Å². The molecule has 2 atom stereocenters. The number of hydrogen-bond acceptors (Lipinski definition) is 1. The van der Waals surface area contributed by atoms with E-state index in [0.717, 1.165) is 11.3 Å². The first kappa shape index (κ1) is 11.6. The Morgan fingerprint density at radius 3 is 2.61 bits per heavy atom. The molecule has 0 amide bonds. The second-order valence-electron chi connectivity index (χ2n) is 4.77. The Morgan fingerprint density at radius 1 is 1.11 bits per heavy atom. The number of halogens is 1. The molecule has 0 saturated carbocycles. The predicted octanol–water partition coefficient (Wildman–Crippen LogP) is 4.45. The Bertz CT molecular complexity index is 547. The number of para-hydroxylation sites is 1. The molecule has 0 bridgehead atoms. The van der Waals surface area contributed by atoms with Crippen LogP contribution in [0.2, 0.25) is 0 Å². The summed E-state index contributed by atoms with van der Waals surface area (Å²) in [7, 11) is 0. The van der Waals surface area contributed by atoms with E-state index >= 15 is 0 Å². The van der Waals surface area contributed by atoms with Gasteiger partial charge >= 0.3 is 0 Å². The molecular weight excluding hydrogens is 244 g/mol. The molecule has 0 spiro atoms. The second-order valence-corrected chi connectivity index (χ2v) is 5.24. The van der Waals surface area contributed by atoms with Gasteiger partial charge in [-0.3, -0.25) is 0 Å². The molecule has 0 radical (unpaired) electrons. The van der Waals surface area contributed by atoms with Crippen LogP contribution < -0.4 is 4.74 Å². The summed E-state index contributed by atoms with van der Waals surface area (Å²) < 4.78 is 5.69. The maximum Gasteiger partial charge on any atom is 0.122 e. The predicted molar refractivity (Wildman–Crippen MR) is 74.5 cm³/mol. The largest absolute Gasteiger partial charge is 0.493 e. The van der Waals surface area contributed by atoms with Gasteiger partial charge in [0.1, 0.15) is 5.75 Å². The molecule has 0 N–H and O–H groups in total. The first-order chi connectivity index (χ1) is 8.75. The van der Waals surface area contributed by atoms with Gasteiger partial charge in [-0.25, -0.2) is 0 Å². The van der Waals surface area contributed by atoms with Gasteiger partial charge in [-0.15, -0.1) is 11.6 Å². The fourth-order valence-corrected chi connectivity index (χ4v) is 2.77. The van der Waals surface area contributed by atoms with Gasteiger partial charge in [0.15, 0.2) is 0 Å². The molecule has 2 aromatic carbocycles. The summed E-state index contributed by atoms with van der Waals surface area (Å²) in [5.74, 6) is 1.21. The molecular formula is C16H15ClO. The topological polar surface area (TPSA) is 9.23 Å². The zero-order valence-corrected chi connectivity index (χ0v) is 11.0. The van der Waals surface area contributed by atoms with Gasteiger partial charge in [0.05, 0.1) is 12.0 Å². The number of hydrogen-bond donors (Lipinski definition) is 0. The third-order valence-corrected chi connectivity index (χ3v) is 4.04. The van der Waals surface area contributed by atoms with Gasteiger partial charge in [0.25, 0.3) is 0 Å². The lowest BCUT2D eigenvalue weighted by Crippen LogP contribution is -2.08. The van der Waals surface area contributed by atoms with Crippen molar-refractivity contribution in [2.45, 2.75) is 18.2 Å². The molecule has 2 aromatic rings. The van der Waals surface area contributed by atoms with E-state index in [1.165, 1.54) is 11.1 Å². The van der Waals surface area contributed by atoms with Crippen LogP contribution in [0.3, 0.4) is 0 Å². The fourth-order valence-electron chi connectivity index (χ4n) is 2.41. The highest BCUT2D eigenvalue weighted by Gasteiger charge is 2.30. The van der Waals surface area contributed by atoms with Gasteiger partial charge in [-0.05, 0) is 18.6 Å². The minimum atomic E-state index is -0.0331. The molecule has 0 aromatic heterocycles. The number of benzene rings is 2. The molecule has 2 unspecified atom stereocenters. The SMILES string of the molecule is Cc1ccc(C(Cl)C2COc3ccccc32)cc1. The standard InChI is InChI=1S/C16H15ClO/c1-11-6-8-12(9-7-11)16(17)14-10-18-15-5-3-2-4-13(14)15/h2-9,14,16H,10H2,1H3. The maximum absolute atomic E-state index is 6.61. The summed E-state index contributed by atoms with van der Waals surface area (Å²) in [5.41, 5.74) is 3.64. The van der Waals surface area contributed by atoms with Crippen molar-refractivity contribution >= 4 is 11.6 Å². The molecule has 0 aliphatic carbocycles. The van der Waals surface area contributed by atoms with Gasteiger partial charge in [-0.2, -0.15) is 0 Å². The summed E-state index contributed by atoms with van der Waals surface area (Å²) in [4.78, 5) is 0. The number of aryl methyl sites for hydroxylation is 1. The van der Waals surface area contributed by atoms with Crippen molar-refractivity contribution in [2.24, 2.45) is 0 Å². The lowest BCUT2D eigenvalue weighted by atomic mass is 9.93. The zero-order chi connectivity index (χ0) is 12.5. The lowest BCUT2D eigenvalue weighted by molar-refractivity contribution is 0.328. The van der Waals surface area contributed by atoms with Crippen LogP contribution in [-0.4, -0.2) is 6.61 Å². The van der Waals surface area contributed by atoms with E-state index in [4.69, 9.17) is 16.3 Å². The minimum Gasteiger partial charge on any atom is -0.493 e. The highest BCUT2D eigenvalue weighted by molar-refractivity contribution is 6.21. The molecule has 0 fully saturated rings. The van der Waals surface area contributed by atoms with Crippen molar-refractivity contribution in [1.82, 2.24) is 0 Å². The van der Waals surface area contributed by atoms with Crippen molar-refractivity contribution in [3.8, 4) is 5.75 Å². The van der Waals surface area contributed by atoms with Crippen LogP contribution in [0.4, 0.5) is 0 Å². The number of ether oxygens (including phenoxy) is 1. The van der Waals surface area contributed by atoms with E-state index in [0.29, 0.717) is 6.61 Å². The summed E-state index contributed by atoms with van der Waals surface area (Å²) >= 11 is 6.61. The molecule has 2 heteroatoms. The minimum absolute atomic E-state index is 0.0331. The number of alkyl halides is 1. The highest BCUT2D eigenvalue weighted by Crippen LogP contribution is 2.44. The van der Waals surface area contributed by atoms with Crippen LogP contribution in [0.1, 0.15) is 28.0 Å². The average Bonchev–Trinajstić information content (AvgIpc) is 2.82. The van der Waals surface area contributed by atoms with E-state index in [2.05, 4.69) is 37.3 Å². The first-order valence-electron chi connectivity index (χ1n) is 6.18. The maximum atomic E-state index is 6.61. The van der Waals surface area contributed by atoms with Crippen molar-refractivity contribution in [2.75, 3.05) is 6.61 Å². The highest BCUT2D eigenvalue weighted by atomic mass is 35.5. The van der Waals surface area contributed by atoms with Crippen molar-refractivity contribution in [1.29, 1.82) is 0 Å². The fraction of sp³-hybridized carbons (Fsp3) is 0.250. The average molecular weight is 259 g/mol. The molecule has 3 rings (SSSR count). The molecule has 18 heavy (non-hydrogen) atoms. The third-order valence-electron chi connectivity index (χ3n) is 3.49. The lowest BCUT2D eigenvalue weighted by Gasteiger charge is -2.16. The Labute approximate surface area is 112 Å². The monoisotopic (exact) mass is 258 g/mol. The Balaban J connectivity index is 1.90. The van der Waals surface area contributed by atoms with E-state index < -0.39 is 0 Å². The first-order valence-corrected chi connectivity index (χ1v) is 6.62. The molecule has 92 valence electrons. The van der Waals surface area contributed by atoms with Crippen molar-refractivity contribution < 1.29 is 4.74 Å². The second kappa shape index (κ2) is 4.66. The summed E-state index contributed by atoms with van der Waals surface area (Å²) in [6.45, 7) is 2.75. The van der Waals surface area contributed by atoms with Crippen LogP contribution in [-0.2, 0) is 0 Å². The van der Waals surface area contributed by atoms with E-state index in [1.807, 2.05) is 18.2 Å². The molecule has 1 aliphatic rings. The quantitative estimate of drug-likeness (QED) is 0.723. The number of fused-ring (bicyclic) bond motifs is 1. The van der Waals surface area contributed by atoms with Crippen LogP contribution in [0.25, 0.3) is 0 Å². The van der Waals surface area contributed by atoms with Gasteiger partial charge in [-0.1, -0.05) is 48.0 Å². The van der Waals surface area contributed by atoms with E-state index in [1.54, 1.807) is 0 Å². The number of rotatable bonds is 2. The Hall–Kier alpha value is -1.47. The Morgan fingerprint density at radius 2 is 1.83 bits per heavy atom. The molecule has 1 nitrogen and oxygen atoms in total. The Kier molecular flexibility index (Phi) is 3.00. The van der Waals surface area contributed by atoms with Crippen LogP contribution >= 0.6 is 11.6 Å². The summed E-state index contributed by atoms with van der Waals surface area (Å²) in [6, 6.07) is 16.6. The third kappa shape index (κ3) is 1.99. The molecule has 1 aliphatic heterocycles. The van der Waals surface area contributed by atoms with Crippen molar-refractivity contribution in [3.63, 3.8) is 0 Å². The summed E-state index contributed by atoms with van der Waals surface area (Å²) in [6.07, 6.45) is 0. The van der Waals surface area contributed by atoms with Gasteiger partial charge in [0, 0.05) is 11.5 Å². The van der Waals surface area contributed by atoms with E-state index in [9.17, 15) is 0 Å².